The normalized spacial score (nSPS) is 15.1. The monoisotopic (exact) mass is 312 g/mol. The number of carbonyl (C=O) groups excluding carboxylic acids is 1. The van der Waals surface area contributed by atoms with Crippen LogP contribution < -0.4 is 4.90 Å². The van der Waals surface area contributed by atoms with Crippen LogP contribution in [0.15, 0.2) is 24.4 Å². The molecule has 1 fully saturated rings. The highest BCUT2D eigenvalue weighted by molar-refractivity contribution is 5.95. The van der Waals surface area contributed by atoms with Crippen molar-refractivity contribution in [1.82, 2.24) is 14.7 Å². The summed E-state index contributed by atoms with van der Waals surface area (Å²) in [7, 11) is 1.87. The number of nitrogens with zero attached hydrogens (tertiary/aromatic N) is 4. The number of aromatic nitrogens is 2. The summed E-state index contributed by atoms with van der Waals surface area (Å²) in [6, 6.07) is 6.42. The molecular weight excluding hydrogens is 288 g/mol. The van der Waals surface area contributed by atoms with E-state index in [4.69, 9.17) is 0 Å². The molecule has 0 atom stereocenters. The number of hydrogen-bond acceptors (Lipinski definition) is 3. The van der Waals surface area contributed by atoms with Crippen LogP contribution in [-0.2, 0) is 7.05 Å². The van der Waals surface area contributed by atoms with Gasteiger partial charge in [-0.15, -0.1) is 0 Å². The van der Waals surface area contributed by atoms with Gasteiger partial charge >= 0.3 is 0 Å². The van der Waals surface area contributed by atoms with Crippen molar-refractivity contribution in [2.24, 2.45) is 7.05 Å². The van der Waals surface area contributed by atoms with Gasteiger partial charge in [0.05, 0.1) is 11.8 Å². The molecule has 0 spiro atoms. The van der Waals surface area contributed by atoms with Crippen LogP contribution in [0.2, 0.25) is 0 Å². The highest BCUT2D eigenvalue weighted by Gasteiger charge is 2.25. The zero-order valence-corrected chi connectivity index (χ0v) is 14.3. The van der Waals surface area contributed by atoms with Gasteiger partial charge < -0.3 is 9.80 Å². The van der Waals surface area contributed by atoms with Crippen LogP contribution in [0, 0.1) is 20.8 Å². The molecule has 122 valence electrons. The summed E-state index contributed by atoms with van der Waals surface area (Å²) in [5.41, 5.74) is 5.57. The van der Waals surface area contributed by atoms with E-state index < -0.39 is 0 Å². The number of piperazine rings is 1. The Hall–Kier alpha value is -2.30. The van der Waals surface area contributed by atoms with Gasteiger partial charge in [-0.2, -0.15) is 5.10 Å². The Morgan fingerprint density at radius 1 is 1.09 bits per heavy atom. The second kappa shape index (κ2) is 6.07. The lowest BCUT2D eigenvalue weighted by atomic mass is 10.1. The lowest BCUT2D eigenvalue weighted by Crippen LogP contribution is -2.49. The van der Waals surface area contributed by atoms with E-state index in [9.17, 15) is 4.79 Å². The molecule has 0 aliphatic carbocycles. The third kappa shape index (κ3) is 2.83. The Bertz CT molecular complexity index is 727. The van der Waals surface area contributed by atoms with Crippen molar-refractivity contribution in [3.63, 3.8) is 0 Å². The van der Waals surface area contributed by atoms with Crippen LogP contribution >= 0.6 is 0 Å². The first-order valence-electron chi connectivity index (χ1n) is 8.08. The molecule has 23 heavy (non-hydrogen) atoms. The quantitative estimate of drug-likeness (QED) is 0.854. The summed E-state index contributed by atoms with van der Waals surface area (Å²) >= 11 is 0. The van der Waals surface area contributed by atoms with Crippen molar-refractivity contribution in [3.8, 4) is 0 Å². The van der Waals surface area contributed by atoms with Gasteiger partial charge in [-0.05, 0) is 38.0 Å². The summed E-state index contributed by atoms with van der Waals surface area (Å²) in [5, 5.41) is 4.17. The summed E-state index contributed by atoms with van der Waals surface area (Å²) in [5.74, 6) is 0.0937. The third-order valence-electron chi connectivity index (χ3n) is 4.95. The summed E-state index contributed by atoms with van der Waals surface area (Å²) in [6.45, 7) is 9.49. The molecule has 0 N–H and O–H groups in total. The average Bonchev–Trinajstić information content (AvgIpc) is 2.89. The first-order chi connectivity index (χ1) is 11.0. The van der Waals surface area contributed by atoms with Crippen molar-refractivity contribution in [2.75, 3.05) is 31.1 Å². The first-order valence-corrected chi connectivity index (χ1v) is 8.08. The second-order valence-corrected chi connectivity index (χ2v) is 6.27. The molecule has 5 heteroatoms. The topological polar surface area (TPSA) is 41.4 Å². The number of benzene rings is 1. The average molecular weight is 312 g/mol. The Morgan fingerprint density at radius 2 is 1.78 bits per heavy atom. The van der Waals surface area contributed by atoms with Gasteiger partial charge in [-0.1, -0.05) is 12.1 Å². The molecule has 2 aromatic rings. The van der Waals surface area contributed by atoms with Crippen LogP contribution in [0.25, 0.3) is 0 Å². The van der Waals surface area contributed by atoms with Gasteiger partial charge in [0, 0.05) is 44.6 Å². The predicted octanol–water partition coefficient (Wildman–Crippen LogP) is 2.31. The van der Waals surface area contributed by atoms with Gasteiger partial charge in [0.2, 0.25) is 0 Å². The third-order valence-corrected chi connectivity index (χ3v) is 4.95. The number of rotatable bonds is 2. The van der Waals surface area contributed by atoms with E-state index in [0.717, 1.165) is 31.9 Å². The Labute approximate surface area is 137 Å². The van der Waals surface area contributed by atoms with Crippen molar-refractivity contribution >= 4 is 11.6 Å². The maximum atomic E-state index is 12.7. The van der Waals surface area contributed by atoms with Crippen molar-refractivity contribution in [1.29, 1.82) is 0 Å². The number of hydrogen-bond donors (Lipinski definition) is 0. The number of aryl methyl sites for hydroxylation is 2. The fraction of sp³-hybridized carbons (Fsp3) is 0.444. The fourth-order valence-electron chi connectivity index (χ4n) is 3.11. The van der Waals surface area contributed by atoms with Crippen LogP contribution in [0.4, 0.5) is 5.69 Å². The molecule has 1 amide bonds. The van der Waals surface area contributed by atoms with E-state index in [1.54, 1.807) is 10.9 Å². The smallest absolute Gasteiger partial charge is 0.257 e. The highest BCUT2D eigenvalue weighted by Crippen LogP contribution is 2.24. The van der Waals surface area contributed by atoms with Crippen LogP contribution in [0.3, 0.4) is 0 Å². The molecule has 0 unspecified atom stereocenters. The molecule has 1 saturated heterocycles. The molecule has 0 radical (unpaired) electrons. The van der Waals surface area contributed by atoms with Crippen LogP contribution in [0.5, 0.6) is 0 Å². The van der Waals surface area contributed by atoms with Gasteiger partial charge in [0.1, 0.15) is 0 Å². The van der Waals surface area contributed by atoms with Gasteiger partial charge in [0.25, 0.3) is 5.91 Å². The minimum absolute atomic E-state index is 0.0937. The molecule has 0 saturated carbocycles. The predicted molar refractivity (Wildman–Crippen MR) is 92.0 cm³/mol. The maximum Gasteiger partial charge on any atom is 0.257 e. The van der Waals surface area contributed by atoms with E-state index in [0.29, 0.717) is 5.56 Å². The Balaban J connectivity index is 1.70. The van der Waals surface area contributed by atoms with Gasteiger partial charge in [0.15, 0.2) is 0 Å². The minimum Gasteiger partial charge on any atom is -0.368 e. The van der Waals surface area contributed by atoms with Crippen LogP contribution in [-0.4, -0.2) is 46.8 Å². The molecule has 1 aliphatic heterocycles. The zero-order valence-electron chi connectivity index (χ0n) is 14.3. The molecule has 0 bridgehead atoms. The molecule has 1 aromatic heterocycles. The van der Waals surface area contributed by atoms with E-state index in [2.05, 4.69) is 42.0 Å². The van der Waals surface area contributed by atoms with Crippen LogP contribution in [0.1, 0.15) is 27.2 Å². The standard InChI is InChI=1S/C18H24N4O/c1-13-6-5-7-17(14(13)2)21-8-10-22(11-9-21)18(23)16-12-19-20(4)15(16)3/h5-7,12H,8-11H2,1-4H3. The first kappa shape index (κ1) is 15.6. The van der Waals surface area contributed by atoms with E-state index in [1.807, 2.05) is 18.9 Å². The molecular formula is C18H24N4O. The molecule has 1 aromatic carbocycles. The number of amides is 1. The molecule has 2 heterocycles. The number of carbonyl (C=O) groups is 1. The SMILES string of the molecule is Cc1cccc(N2CCN(C(=O)c3cnn(C)c3C)CC2)c1C. The van der Waals surface area contributed by atoms with E-state index >= 15 is 0 Å². The maximum absolute atomic E-state index is 12.7. The van der Waals surface area contributed by atoms with E-state index in [1.165, 1.54) is 16.8 Å². The lowest BCUT2D eigenvalue weighted by molar-refractivity contribution is 0.0746. The van der Waals surface area contributed by atoms with E-state index in [-0.39, 0.29) is 5.91 Å². The lowest BCUT2D eigenvalue weighted by Gasteiger charge is -2.37. The number of anilines is 1. The molecule has 1 aliphatic rings. The zero-order chi connectivity index (χ0) is 16.6. The second-order valence-electron chi connectivity index (χ2n) is 6.27. The highest BCUT2D eigenvalue weighted by atomic mass is 16.2. The largest absolute Gasteiger partial charge is 0.368 e. The van der Waals surface area contributed by atoms with Crippen molar-refractivity contribution in [3.05, 3.63) is 46.8 Å². The van der Waals surface area contributed by atoms with Gasteiger partial charge in [-0.25, -0.2) is 0 Å². The fourth-order valence-corrected chi connectivity index (χ4v) is 3.11. The molecule has 3 rings (SSSR count). The summed E-state index contributed by atoms with van der Waals surface area (Å²) in [6.07, 6.45) is 1.68. The minimum atomic E-state index is 0.0937. The summed E-state index contributed by atoms with van der Waals surface area (Å²) in [4.78, 5) is 17.0. The Morgan fingerprint density at radius 3 is 2.39 bits per heavy atom. The van der Waals surface area contributed by atoms with Gasteiger partial charge in [-0.3, -0.25) is 9.48 Å². The molecule has 5 nitrogen and oxygen atoms in total. The van der Waals surface area contributed by atoms with Crippen molar-refractivity contribution in [2.45, 2.75) is 20.8 Å². The van der Waals surface area contributed by atoms with Crippen molar-refractivity contribution < 1.29 is 4.79 Å². The Kier molecular flexibility index (Phi) is 4.11. The summed E-state index contributed by atoms with van der Waals surface area (Å²) < 4.78 is 1.75.